The molecule has 0 saturated heterocycles. The second kappa shape index (κ2) is 7.65. The normalized spacial score (nSPS) is 10.3. The monoisotopic (exact) mass is 327 g/mol. The first-order chi connectivity index (χ1) is 11.5. The van der Waals surface area contributed by atoms with Gasteiger partial charge in [-0.1, -0.05) is 5.92 Å². The Labute approximate surface area is 136 Å². The molecule has 7 nitrogen and oxygen atoms in total. The number of fused-ring (bicyclic) bond motifs is 1. The van der Waals surface area contributed by atoms with Gasteiger partial charge in [0.1, 0.15) is 23.6 Å². The van der Waals surface area contributed by atoms with Crippen LogP contribution in [0.1, 0.15) is 0 Å². The first kappa shape index (κ1) is 16.8. The van der Waals surface area contributed by atoms with Gasteiger partial charge in [-0.25, -0.2) is 9.59 Å². The molecule has 0 fully saturated rings. The van der Waals surface area contributed by atoms with Gasteiger partial charge in [-0.2, -0.15) is 0 Å². The fourth-order valence-corrected chi connectivity index (χ4v) is 1.78. The molecule has 0 unspecified atom stereocenters. The van der Waals surface area contributed by atoms with Gasteiger partial charge >= 0.3 is 11.6 Å². The van der Waals surface area contributed by atoms with E-state index in [2.05, 4.69) is 16.0 Å². The molecule has 2 aromatic rings. The van der Waals surface area contributed by atoms with Crippen LogP contribution in [0.4, 0.5) is 5.69 Å². The van der Waals surface area contributed by atoms with E-state index in [4.69, 9.17) is 15.6 Å². The Hall–Kier alpha value is -3.53. The van der Waals surface area contributed by atoms with Crippen molar-refractivity contribution in [1.29, 1.82) is 0 Å². The van der Waals surface area contributed by atoms with Crippen molar-refractivity contribution in [1.82, 2.24) is 0 Å². The molecule has 24 heavy (non-hydrogen) atoms. The van der Waals surface area contributed by atoms with Crippen molar-refractivity contribution in [2.45, 2.75) is 0 Å². The maximum absolute atomic E-state index is 11.9. The molecule has 0 bridgehead atoms. The lowest BCUT2D eigenvalue weighted by molar-refractivity contribution is -0.135. The zero-order chi connectivity index (χ0) is 17.5. The number of benzene rings is 1. The molecule has 7 heteroatoms. The number of amides is 1. The highest BCUT2D eigenvalue weighted by atomic mass is 16.5. The van der Waals surface area contributed by atoms with E-state index in [0.717, 1.165) is 12.2 Å². The maximum atomic E-state index is 11.9. The van der Waals surface area contributed by atoms with E-state index in [1.165, 1.54) is 19.2 Å². The molecular formula is C17H13NO6. The summed E-state index contributed by atoms with van der Waals surface area (Å²) in [6.45, 7) is 0.0937. The molecule has 1 heterocycles. The van der Waals surface area contributed by atoms with Gasteiger partial charge in [0, 0.05) is 23.6 Å². The molecular weight excluding hydrogens is 314 g/mol. The third-order valence-electron chi connectivity index (χ3n) is 2.86. The van der Waals surface area contributed by atoms with Gasteiger partial charge in [0.25, 0.3) is 0 Å². The third-order valence-corrected chi connectivity index (χ3v) is 2.86. The van der Waals surface area contributed by atoms with Gasteiger partial charge < -0.3 is 19.2 Å². The minimum Gasteiger partial charge on any atom is -0.481 e. The van der Waals surface area contributed by atoms with E-state index in [1.807, 2.05) is 0 Å². The van der Waals surface area contributed by atoms with Crippen LogP contribution in [0.15, 0.2) is 45.6 Å². The van der Waals surface area contributed by atoms with E-state index in [0.29, 0.717) is 11.1 Å². The predicted molar refractivity (Wildman–Crippen MR) is 86.6 cm³/mol. The number of carbonyl (C=O) groups excluding carboxylic acids is 2. The molecule has 122 valence electrons. The van der Waals surface area contributed by atoms with Gasteiger partial charge in [0.15, 0.2) is 0 Å². The molecule has 0 radical (unpaired) electrons. The predicted octanol–water partition coefficient (Wildman–Crippen LogP) is 1.47. The molecule has 0 saturated carbocycles. The van der Waals surface area contributed by atoms with Crippen molar-refractivity contribution in [3.05, 3.63) is 46.8 Å². The van der Waals surface area contributed by atoms with Crippen molar-refractivity contribution in [2.75, 3.05) is 19.0 Å². The quantitative estimate of drug-likeness (QED) is 0.387. The Morgan fingerprint density at radius 2 is 2.12 bits per heavy atom. The maximum Gasteiger partial charge on any atom is 0.360 e. The number of terminal acetylenes is 1. The SMILES string of the molecule is C#CCOc1ccc2cc(NC(=O)/C=C\C(=O)OC)c(=O)oc2c1. The Balaban J connectivity index is 2.23. The minimum atomic E-state index is -0.739. The highest BCUT2D eigenvalue weighted by Gasteiger charge is 2.09. The highest BCUT2D eigenvalue weighted by molar-refractivity contribution is 6.03. The minimum absolute atomic E-state index is 0.0562. The number of carbonyl (C=O) groups is 2. The van der Waals surface area contributed by atoms with Crippen molar-refractivity contribution >= 4 is 28.5 Å². The number of hydrogen-bond acceptors (Lipinski definition) is 6. The number of methoxy groups -OCH3 is 1. The molecule has 0 aliphatic rings. The van der Waals surface area contributed by atoms with Crippen LogP contribution >= 0.6 is 0 Å². The number of anilines is 1. The molecule has 1 aromatic heterocycles. The smallest absolute Gasteiger partial charge is 0.360 e. The second-order valence-corrected chi connectivity index (χ2v) is 4.49. The molecule has 0 aliphatic heterocycles. The number of ether oxygens (including phenoxy) is 2. The lowest BCUT2D eigenvalue weighted by Gasteiger charge is -2.05. The zero-order valence-electron chi connectivity index (χ0n) is 12.7. The largest absolute Gasteiger partial charge is 0.481 e. The summed E-state index contributed by atoms with van der Waals surface area (Å²) < 4.78 is 14.7. The highest BCUT2D eigenvalue weighted by Crippen LogP contribution is 2.21. The van der Waals surface area contributed by atoms with Crippen molar-refractivity contribution in [3.63, 3.8) is 0 Å². The van der Waals surface area contributed by atoms with E-state index < -0.39 is 17.5 Å². The Bertz CT molecular complexity index is 903. The van der Waals surface area contributed by atoms with Gasteiger partial charge in [-0.05, 0) is 18.2 Å². The molecule has 2 rings (SSSR count). The van der Waals surface area contributed by atoms with Crippen LogP contribution in [0, 0.1) is 12.3 Å². The lowest BCUT2D eigenvalue weighted by atomic mass is 10.2. The summed E-state index contributed by atoms with van der Waals surface area (Å²) in [4.78, 5) is 34.5. The van der Waals surface area contributed by atoms with Crippen LogP contribution < -0.4 is 15.7 Å². The molecule has 0 atom stereocenters. The Morgan fingerprint density at radius 3 is 2.83 bits per heavy atom. The summed E-state index contributed by atoms with van der Waals surface area (Å²) in [5, 5.41) is 2.91. The van der Waals surface area contributed by atoms with E-state index in [1.54, 1.807) is 12.1 Å². The molecule has 1 N–H and O–H groups in total. The Morgan fingerprint density at radius 1 is 1.33 bits per heavy atom. The molecule has 1 aromatic carbocycles. The van der Waals surface area contributed by atoms with E-state index >= 15 is 0 Å². The van der Waals surface area contributed by atoms with Crippen LogP contribution in [-0.4, -0.2) is 25.6 Å². The van der Waals surface area contributed by atoms with Crippen LogP contribution in [0.25, 0.3) is 11.0 Å². The fourth-order valence-electron chi connectivity index (χ4n) is 1.78. The van der Waals surface area contributed by atoms with Crippen molar-refractivity contribution in [3.8, 4) is 18.1 Å². The standard InChI is InChI=1S/C17H13NO6/c1-3-8-23-12-5-4-11-9-13(17(21)24-14(11)10-12)18-15(19)6-7-16(20)22-2/h1,4-7,9-10H,8H2,2H3,(H,18,19)/b7-6-. The van der Waals surface area contributed by atoms with Crippen LogP contribution in [0.2, 0.25) is 0 Å². The number of esters is 1. The second-order valence-electron chi connectivity index (χ2n) is 4.49. The number of nitrogens with one attached hydrogen (secondary N) is 1. The average molecular weight is 327 g/mol. The first-order valence-electron chi connectivity index (χ1n) is 6.74. The summed E-state index contributed by atoms with van der Waals surface area (Å²) in [6.07, 6.45) is 7.00. The molecule has 1 amide bonds. The topological polar surface area (TPSA) is 94.8 Å². The van der Waals surface area contributed by atoms with E-state index in [-0.39, 0.29) is 17.9 Å². The fraction of sp³-hybridized carbons (Fsp3) is 0.118. The summed E-state index contributed by atoms with van der Waals surface area (Å²) in [5.41, 5.74) is -0.506. The molecule has 0 spiro atoms. The van der Waals surface area contributed by atoms with Gasteiger partial charge in [0.05, 0.1) is 7.11 Å². The Kier molecular flexibility index (Phi) is 5.36. The van der Waals surface area contributed by atoms with Gasteiger partial charge in [0.2, 0.25) is 5.91 Å². The lowest BCUT2D eigenvalue weighted by Crippen LogP contribution is -2.16. The zero-order valence-corrected chi connectivity index (χ0v) is 12.7. The van der Waals surface area contributed by atoms with Gasteiger partial charge in [-0.15, -0.1) is 6.42 Å². The van der Waals surface area contributed by atoms with E-state index in [9.17, 15) is 14.4 Å². The average Bonchev–Trinajstić information content (AvgIpc) is 2.58. The van der Waals surface area contributed by atoms with Crippen LogP contribution in [-0.2, 0) is 14.3 Å². The number of rotatable bonds is 5. The van der Waals surface area contributed by atoms with Crippen molar-refractivity contribution in [2.24, 2.45) is 0 Å². The van der Waals surface area contributed by atoms with Gasteiger partial charge in [-0.3, -0.25) is 4.79 Å². The molecule has 0 aliphatic carbocycles. The summed E-state index contributed by atoms with van der Waals surface area (Å²) >= 11 is 0. The van der Waals surface area contributed by atoms with Crippen molar-refractivity contribution < 1.29 is 23.5 Å². The summed E-state index contributed by atoms with van der Waals surface area (Å²) in [5.74, 6) is 1.44. The third kappa shape index (κ3) is 4.24. The van der Waals surface area contributed by atoms with Crippen LogP contribution in [0.5, 0.6) is 5.75 Å². The number of hydrogen-bond donors (Lipinski definition) is 1. The summed E-state index contributed by atoms with van der Waals surface area (Å²) in [6, 6.07) is 6.29. The first-order valence-corrected chi connectivity index (χ1v) is 6.74. The summed E-state index contributed by atoms with van der Waals surface area (Å²) in [7, 11) is 1.18. The van der Waals surface area contributed by atoms with Crippen LogP contribution in [0.3, 0.4) is 0 Å².